The zero-order valence-corrected chi connectivity index (χ0v) is 12.7. The average Bonchev–Trinajstić information content (AvgIpc) is 2.39. The molecular formula is C12H10F10O4. The molecular weight excluding hydrogens is 398 g/mol. The molecule has 1 rings (SSSR count). The normalized spacial score (nSPS) is 34.3. The van der Waals surface area contributed by atoms with Crippen molar-refractivity contribution >= 4 is 5.97 Å². The van der Waals surface area contributed by atoms with Crippen LogP contribution in [0.4, 0.5) is 43.9 Å². The number of carbonyl (C=O) groups is 1. The Kier molecular flexibility index (Phi) is 4.94. The predicted molar refractivity (Wildman–Crippen MR) is 61.1 cm³/mol. The van der Waals surface area contributed by atoms with Crippen LogP contribution in [0, 0.1) is 0 Å². The molecule has 0 aliphatic carbocycles. The van der Waals surface area contributed by atoms with Gasteiger partial charge in [0.15, 0.2) is 0 Å². The number of hydrogen-bond donors (Lipinski definition) is 1. The zero-order chi connectivity index (χ0) is 21.1. The van der Waals surface area contributed by atoms with E-state index in [0.717, 1.165) is 0 Å². The number of ether oxygens (including phenoxy) is 2. The fourth-order valence-corrected chi connectivity index (χ4v) is 2.05. The van der Waals surface area contributed by atoms with Gasteiger partial charge in [0.1, 0.15) is 5.57 Å². The SMILES string of the molecule is C=C(C(=O)OC1(C)C(F)(F)C(C(F)(F)F)OC(C)(O)C1(F)F)C(F)(F)F. The molecule has 0 amide bonds. The first kappa shape index (κ1) is 22.5. The molecule has 0 aromatic carbocycles. The largest absolute Gasteiger partial charge is 0.442 e. The van der Waals surface area contributed by atoms with E-state index < -0.39 is 60.2 Å². The van der Waals surface area contributed by atoms with Gasteiger partial charge in [0, 0.05) is 0 Å². The molecule has 26 heavy (non-hydrogen) atoms. The number of hydrogen-bond acceptors (Lipinski definition) is 4. The number of esters is 1. The van der Waals surface area contributed by atoms with Gasteiger partial charge in [-0.1, -0.05) is 6.58 Å². The van der Waals surface area contributed by atoms with E-state index >= 15 is 0 Å². The second kappa shape index (κ2) is 5.71. The maximum absolute atomic E-state index is 14.2. The molecule has 4 nitrogen and oxygen atoms in total. The average molecular weight is 408 g/mol. The van der Waals surface area contributed by atoms with Gasteiger partial charge in [-0.3, -0.25) is 0 Å². The lowest BCUT2D eigenvalue weighted by Gasteiger charge is -2.53. The van der Waals surface area contributed by atoms with Crippen molar-refractivity contribution in [2.24, 2.45) is 0 Å². The minimum Gasteiger partial charge on any atom is -0.442 e. The molecule has 1 aliphatic heterocycles. The molecule has 3 atom stereocenters. The summed E-state index contributed by atoms with van der Waals surface area (Å²) >= 11 is 0. The first-order valence-electron chi connectivity index (χ1n) is 6.35. The van der Waals surface area contributed by atoms with Crippen molar-refractivity contribution in [1.82, 2.24) is 0 Å². The fourth-order valence-electron chi connectivity index (χ4n) is 2.05. The molecule has 14 heteroatoms. The van der Waals surface area contributed by atoms with E-state index in [9.17, 15) is 53.8 Å². The molecule has 1 heterocycles. The molecule has 1 N–H and O–H groups in total. The molecule has 0 spiro atoms. The van der Waals surface area contributed by atoms with Crippen LogP contribution in [-0.4, -0.2) is 52.8 Å². The van der Waals surface area contributed by atoms with E-state index in [1.54, 1.807) is 0 Å². The van der Waals surface area contributed by atoms with Crippen molar-refractivity contribution in [3.8, 4) is 0 Å². The van der Waals surface area contributed by atoms with Gasteiger partial charge in [0.2, 0.25) is 17.5 Å². The number of carbonyl (C=O) groups excluding carboxylic acids is 1. The fraction of sp³-hybridized carbons (Fsp3) is 0.750. The maximum atomic E-state index is 14.2. The Morgan fingerprint density at radius 2 is 1.50 bits per heavy atom. The summed E-state index contributed by atoms with van der Waals surface area (Å²) in [6.07, 6.45) is -16.1. The summed E-state index contributed by atoms with van der Waals surface area (Å²) in [4.78, 5) is 11.3. The molecule has 1 aliphatic rings. The smallest absolute Gasteiger partial charge is 0.422 e. The molecule has 152 valence electrons. The number of halogens is 10. The maximum Gasteiger partial charge on any atom is 0.422 e. The lowest BCUT2D eigenvalue weighted by atomic mass is 9.79. The molecule has 0 aromatic rings. The Hall–Kier alpha value is -1.57. The van der Waals surface area contributed by atoms with Crippen molar-refractivity contribution in [2.45, 2.75) is 55.5 Å². The standard InChI is InChI=1S/C12H10F10O4/c1-4(10(15,16)17)5(23)25-7(2)9(13,14)6(11(18,19)20)26-8(3,24)12(7,21)22/h6,24H,1H2,2-3H3. The summed E-state index contributed by atoms with van der Waals surface area (Å²) in [7, 11) is 0. The van der Waals surface area contributed by atoms with Crippen LogP contribution in [0.25, 0.3) is 0 Å². The van der Waals surface area contributed by atoms with Crippen molar-refractivity contribution in [2.75, 3.05) is 0 Å². The van der Waals surface area contributed by atoms with E-state index in [-0.39, 0.29) is 6.92 Å². The number of aliphatic hydroxyl groups is 1. The highest BCUT2D eigenvalue weighted by molar-refractivity contribution is 5.89. The summed E-state index contributed by atoms with van der Waals surface area (Å²) in [5, 5.41) is 9.37. The monoisotopic (exact) mass is 408 g/mol. The number of alkyl halides is 10. The van der Waals surface area contributed by atoms with Gasteiger partial charge in [-0.2, -0.15) is 43.9 Å². The van der Waals surface area contributed by atoms with Crippen LogP contribution in [-0.2, 0) is 14.3 Å². The molecule has 0 bridgehead atoms. The van der Waals surface area contributed by atoms with Gasteiger partial charge in [-0.05, 0) is 13.8 Å². The van der Waals surface area contributed by atoms with Crippen molar-refractivity contribution < 1.29 is 63.3 Å². The summed E-state index contributed by atoms with van der Waals surface area (Å²) in [5.74, 6) is -18.4. The second-order valence-corrected chi connectivity index (χ2v) is 5.62. The van der Waals surface area contributed by atoms with Crippen molar-refractivity contribution in [1.29, 1.82) is 0 Å². The summed E-state index contributed by atoms with van der Waals surface area (Å²) in [6, 6.07) is 0. The Bertz CT molecular complexity index is 606. The molecule has 3 unspecified atom stereocenters. The van der Waals surface area contributed by atoms with E-state index in [1.807, 2.05) is 0 Å². The lowest BCUT2D eigenvalue weighted by molar-refractivity contribution is -0.480. The van der Waals surface area contributed by atoms with Gasteiger partial charge in [0.25, 0.3) is 0 Å². The minimum absolute atomic E-state index is 0.147. The summed E-state index contributed by atoms with van der Waals surface area (Å²) < 4.78 is 139. The van der Waals surface area contributed by atoms with Gasteiger partial charge >= 0.3 is 30.2 Å². The Morgan fingerprint density at radius 3 is 1.85 bits per heavy atom. The van der Waals surface area contributed by atoms with Gasteiger partial charge in [0.05, 0.1) is 0 Å². The van der Waals surface area contributed by atoms with Crippen molar-refractivity contribution in [3.05, 3.63) is 12.2 Å². The van der Waals surface area contributed by atoms with Crippen molar-refractivity contribution in [3.63, 3.8) is 0 Å². The molecule has 1 fully saturated rings. The van der Waals surface area contributed by atoms with Crippen LogP contribution in [0.15, 0.2) is 12.2 Å². The van der Waals surface area contributed by atoms with Crippen LogP contribution in [0.3, 0.4) is 0 Å². The van der Waals surface area contributed by atoms with Crippen LogP contribution < -0.4 is 0 Å². The molecule has 0 aromatic heterocycles. The molecule has 1 saturated heterocycles. The summed E-state index contributed by atoms with van der Waals surface area (Å²) in [5.41, 5.74) is -7.40. The van der Waals surface area contributed by atoms with Gasteiger partial charge in [-0.25, -0.2) is 4.79 Å². The third kappa shape index (κ3) is 3.12. The minimum atomic E-state index is -6.06. The zero-order valence-electron chi connectivity index (χ0n) is 12.7. The van der Waals surface area contributed by atoms with Crippen LogP contribution >= 0.6 is 0 Å². The van der Waals surface area contributed by atoms with E-state index in [2.05, 4.69) is 16.1 Å². The lowest BCUT2D eigenvalue weighted by Crippen LogP contribution is -2.79. The van der Waals surface area contributed by atoms with E-state index in [0.29, 0.717) is 0 Å². The van der Waals surface area contributed by atoms with Crippen LogP contribution in [0.5, 0.6) is 0 Å². The third-order valence-corrected chi connectivity index (χ3v) is 3.68. The van der Waals surface area contributed by atoms with E-state index in [4.69, 9.17) is 0 Å². The Balaban J connectivity index is 3.54. The molecule has 0 saturated carbocycles. The first-order valence-corrected chi connectivity index (χ1v) is 6.35. The summed E-state index contributed by atoms with van der Waals surface area (Å²) in [6.45, 7) is 1.52. The van der Waals surface area contributed by atoms with Gasteiger partial charge < -0.3 is 14.6 Å². The topological polar surface area (TPSA) is 55.8 Å². The highest BCUT2D eigenvalue weighted by atomic mass is 19.4. The Morgan fingerprint density at radius 1 is 1.08 bits per heavy atom. The third-order valence-electron chi connectivity index (χ3n) is 3.68. The highest BCUT2D eigenvalue weighted by Crippen LogP contribution is 2.58. The second-order valence-electron chi connectivity index (χ2n) is 5.62. The van der Waals surface area contributed by atoms with Crippen LogP contribution in [0.2, 0.25) is 0 Å². The Labute approximate surface area is 138 Å². The number of rotatable bonds is 2. The first-order chi connectivity index (χ1) is 11.1. The van der Waals surface area contributed by atoms with E-state index in [1.165, 1.54) is 0 Å². The molecule has 0 radical (unpaired) electrons. The van der Waals surface area contributed by atoms with Crippen LogP contribution in [0.1, 0.15) is 13.8 Å². The quantitative estimate of drug-likeness (QED) is 0.433. The van der Waals surface area contributed by atoms with Gasteiger partial charge in [-0.15, -0.1) is 0 Å². The highest BCUT2D eigenvalue weighted by Gasteiger charge is 2.85. The predicted octanol–water partition coefficient (Wildman–Crippen LogP) is 3.35.